The number of carbonyl (C=O) groups excluding carboxylic acids is 2. The largest absolute Gasteiger partial charge is 0.355 e. The van der Waals surface area contributed by atoms with Crippen molar-refractivity contribution in [1.82, 2.24) is 5.32 Å². The van der Waals surface area contributed by atoms with Crippen molar-refractivity contribution in [2.45, 2.75) is 0 Å². The van der Waals surface area contributed by atoms with Gasteiger partial charge in [0.2, 0.25) is 0 Å². The Morgan fingerprint density at radius 1 is 0.952 bits per heavy atom. The van der Waals surface area contributed by atoms with Gasteiger partial charge >= 0.3 is 0 Å². The van der Waals surface area contributed by atoms with Crippen molar-refractivity contribution < 1.29 is 9.59 Å². The molecule has 0 unspecified atom stereocenters. The number of hydrogen-bond acceptors (Lipinski definition) is 2. The molecule has 0 atom stereocenters. The Morgan fingerprint density at radius 3 is 2.10 bits per heavy atom. The Bertz CT molecular complexity index is 673. The van der Waals surface area contributed by atoms with Gasteiger partial charge in [0.05, 0.1) is 0 Å². The van der Waals surface area contributed by atoms with Crippen LogP contribution in [0.4, 0.5) is 0 Å². The Labute approximate surface area is 128 Å². The normalized spacial score (nSPS) is 10.6. The number of hydrogen-bond donors (Lipinski definition) is 1. The Balaban J connectivity index is 2.08. The average molecular weight is 300 g/mol. The quantitative estimate of drug-likeness (QED) is 0.692. The minimum absolute atomic E-state index is 0.0953. The zero-order chi connectivity index (χ0) is 15.2. The molecule has 0 fully saturated rings. The Morgan fingerprint density at radius 2 is 1.52 bits per heavy atom. The minimum Gasteiger partial charge on any atom is -0.355 e. The first-order chi connectivity index (χ1) is 10.1. The summed E-state index contributed by atoms with van der Waals surface area (Å²) in [4.78, 5) is 23.4. The smallest absolute Gasteiger partial charge is 0.251 e. The van der Waals surface area contributed by atoms with Gasteiger partial charge in [-0.25, -0.2) is 0 Å². The second-order valence-corrected chi connectivity index (χ2v) is 4.84. The van der Waals surface area contributed by atoms with Crippen LogP contribution in [-0.2, 0) is 0 Å². The fourth-order valence-corrected chi connectivity index (χ4v) is 1.90. The van der Waals surface area contributed by atoms with Gasteiger partial charge in [0.25, 0.3) is 5.91 Å². The number of ketones is 1. The van der Waals surface area contributed by atoms with Gasteiger partial charge in [-0.3, -0.25) is 9.59 Å². The number of carbonyl (C=O) groups is 2. The fraction of sp³-hybridized carbons (Fsp3) is 0.0588. The molecule has 0 heterocycles. The highest BCUT2D eigenvalue weighted by Crippen LogP contribution is 2.12. The minimum atomic E-state index is -0.136. The summed E-state index contributed by atoms with van der Waals surface area (Å²) >= 11 is 5.78. The number of nitrogens with one attached hydrogen (secondary N) is 1. The summed E-state index contributed by atoms with van der Waals surface area (Å²) in [5, 5.41) is 3.15. The summed E-state index contributed by atoms with van der Waals surface area (Å²) in [5.41, 5.74) is 2.02. The van der Waals surface area contributed by atoms with Gasteiger partial charge in [-0.2, -0.15) is 0 Å². The van der Waals surface area contributed by atoms with Crippen LogP contribution in [-0.4, -0.2) is 18.7 Å². The van der Waals surface area contributed by atoms with Gasteiger partial charge in [0.1, 0.15) is 0 Å². The van der Waals surface area contributed by atoms with Crippen molar-refractivity contribution in [3.63, 3.8) is 0 Å². The van der Waals surface area contributed by atoms with Crippen LogP contribution in [0.3, 0.4) is 0 Å². The maximum Gasteiger partial charge on any atom is 0.251 e. The molecule has 3 nitrogen and oxygen atoms in total. The molecule has 0 radical (unpaired) electrons. The summed E-state index contributed by atoms with van der Waals surface area (Å²) in [6.45, 7) is 0. The maximum atomic E-state index is 12.0. The van der Waals surface area contributed by atoms with Gasteiger partial charge in [0.15, 0.2) is 5.78 Å². The molecule has 0 spiro atoms. The monoisotopic (exact) mass is 299 g/mol. The van der Waals surface area contributed by atoms with Crippen LogP contribution in [0.15, 0.2) is 54.6 Å². The van der Waals surface area contributed by atoms with Crippen LogP contribution in [0.2, 0.25) is 5.02 Å². The lowest BCUT2D eigenvalue weighted by atomic mass is 10.1. The molecule has 4 heteroatoms. The highest BCUT2D eigenvalue weighted by Gasteiger charge is 2.03. The molecule has 1 amide bonds. The molecule has 0 saturated carbocycles. The standard InChI is InChI=1S/C17H14ClNO2/c1-19-17(21)14-5-2-12(3-6-14)4-11-16(20)13-7-9-15(18)10-8-13/h2-11H,1H3,(H,19,21)/b11-4+. The van der Waals surface area contributed by atoms with Crippen LogP contribution in [0.25, 0.3) is 6.08 Å². The van der Waals surface area contributed by atoms with Gasteiger partial charge in [-0.1, -0.05) is 29.8 Å². The molecular weight excluding hydrogens is 286 g/mol. The molecule has 1 N–H and O–H groups in total. The number of benzene rings is 2. The summed E-state index contributed by atoms with van der Waals surface area (Å²) in [7, 11) is 1.58. The van der Waals surface area contributed by atoms with Crippen molar-refractivity contribution in [3.8, 4) is 0 Å². The van der Waals surface area contributed by atoms with Crippen molar-refractivity contribution in [3.05, 3.63) is 76.3 Å². The maximum absolute atomic E-state index is 12.0. The number of amides is 1. The van der Waals surface area contributed by atoms with E-state index in [1.54, 1.807) is 61.7 Å². The van der Waals surface area contributed by atoms with E-state index in [-0.39, 0.29) is 11.7 Å². The Kier molecular flexibility index (Phi) is 4.90. The van der Waals surface area contributed by atoms with Crippen molar-refractivity contribution in [2.75, 3.05) is 7.05 Å². The van der Waals surface area contributed by atoms with Crippen molar-refractivity contribution in [1.29, 1.82) is 0 Å². The third kappa shape index (κ3) is 4.04. The molecule has 0 saturated heterocycles. The van der Waals surface area contributed by atoms with E-state index in [4.69, 9.17) is 11.6 Å². The first kappa shape index (κ1) is 15.0. The SMILES string of the molecule is CNC(=O)c1ccc(/C=C/C(=O)c2ccc(Cl)cc2)cc1. The average Bonchev–Trinajstić information content (AvgIpc) is 2.53. The second kappa shape index (κ2) is 6.86. The van der Waals surface area contributed by atoms with E-state index in [1.807, 2.05) is 0 Å². The van der Waals surface area contributed by atoms with Crippen LogP contribution in [0, 0.1) is 0 Å². The van der Waals surface area contributed by atoms with Crippen LogP contribution in [0.1, 0.15) is 26.3 Å². The molecule has 0 aliphatic carbocycles. The van der Waals surface area contributed by atoms with Gasteiger partial charge in [0, 0.05) is 23.2 Å². The lowest BCUT2D eigenvalue weighted by Gasteiger charge is -2.00. The highest BCUT2D eigenvalue weighted by molar-refractivity contribution is 6.30. The molecule has 0 aliphatic rings. The van der Waals surface area contributed by atoms with Crippen LogP contribution >= 0.6 is 11.6 Å². The second-order valence-electron chi connectivity index (χ2n) is 4.41. The van der Waals surface area contributed by atoms with Gasteiger partial charge in [-0.15, -0.1) is 0 Å². The molecule has 0 bridgehead atoms. The molecule has 21 heavy (non-hydrogen) atoms. The molecule has 106 valence electrons. The molecule has 2 aromatic carbocycles. The number of allylic oxidation sites excluding steroid dienone is 1. The zero-order valence-electron chi connectivity index (χ0n) is 11.5. The van der Waals surface area contributed by atoms with E-state index in [2.05, 4.69) is 5.32 Å². The molecule has 0 aromatic heterocycles. The van der Waals surface area contributed by atoms with Crippen molar-refractivity contribution in [2.24, 2.45) is 0 Å². The topological polar surface area (TPSA) is 46.2 Å². The first-order valence-electron chi connectivity index (χ1n) is 6.40. The van der Waals surface area contributed by atoms with E-state index in [0.717, 1.165) is 5.56 Å². The molecule has 2 rings (SSSR count). The number of halogens is 1. The molecule has 0 aliphatic heterocycles. The third-order valence-electron chi connectivity index (χ3n) is 2.96. The van der Waals surface area contributed by atoms with E-state index >= 15 is 0 Å². The van der Waals surface area contributed by atoms with Gasteiger partial charge < -0.3 is 5.32 Å². The fourth-order valence-electron chi connectivity index (χ4n) is 1.77. The summed E-state index contributed by atoms with van der Waals surface area (Å²) in [5.74, 6) is -0.232. The number of rotatable bonds is 4. The van der Waals surface area contributed by atoms with E-state index in [0.29, 0.717) is 16.1 Å². The summed E-state index contributed by atoms with van der Waals surface area (Å²) in [6, 6.07) is 13.7. The lowest BCUT2D eigenvalue weighted by Crippen LogP contribution is -2.17. The van der Waals surface area contributed by atoms with Gasteiger partial charge in [-0.05, 0) is 48.0 Å². The van der Waals surface area contributed by atoms with Crippen molar-refractivity contribution >= 4 is 29.4 Å². The zero-order valence-corrected chi connectivity index (χ0v) is 12.2. The highest BCUT2D eigenvalue weighted by atomic mass is 35.5. The predicted octanol–water partition coefficient (Wildman–Crippen LogP) is 3.60. The molecular formula is C17H14ClNO2. The van der Waals surface area contributed by atoms with E-state index in [1.165, 1.54) is 6.08 Å². The third-order valence-corrected chi connectivity index (χ3v) is 3.21. The molecule has 2 aromatic rings. The van der Waals surface area contributed by atoms with Crippen LogP contribution in [0.5, 0.6) is 0 Å². The first-order valence-corrected chi connectivity index (χ1v) is 6.78. The predicted molar refractivity (Wildman–Crippen MR) is 84.6 cm³/mol. The Hall–Kier alpha value is -2.39. The summed E-state index contributed by atoms with van der Waals surface area (Å²) < 4.78 is 0. The van der Waals surface area contributed by atoms with Crippen LogP contribution < -0.4 is 5.32 Å². The van der Waals surface area contributed by atoms with E-state index in [9.17, 15) is 9.59 Å². The summed E-state index contributed by atoms with van der Waals surface area (Å²) in [6.07, 6.45) is 3.21. The lowest BCUT2D eigenvalue weighted by molar-refractivity contribution is 0.0962. The van der Waals surface area contributed by atoms with E-state index < -0.39 is 0 Å².